The number of nitrogens with one attached hydrogen (secondary N) is 2. The minimum absolute atomic E-state index is 0.244. The second-order valence-corrected chi connectivity index (χ2v) is 9.55. The molecule has 0 atom stereocenters. The van der Waals surface area contributed by atoms with Crippen molar-refractivity contribution in [1.29, 1.82) is 0 Å². The van der Waals surface area contributed by atoms with Crippen molar-refractivity contribution < 1.29 is 19.3 Å². The summed E-state index contributed by atoms with van der Waals surface area (Å²) in [6.45, 7) is 13.6. The minimum Gasteiger partial charge on any atom is -0.456 e. The Morgan fingerprint density at radius 3 is 2.00 bits per heavy atom. The SMILES string of the molecule is C=C(C)C(=O)OCC[NH+]1CCC(C2CC[NH+](CC3CCCCC3)CC2)CC1. The lowest BCUT2D eigenvalue weighted by atomic mass is 9.78. The fourth-order valence-electron chi connectivity index (χ4n) is 5.70. The molecule has 2 saturated heterocycles. The number of ether oxygens (including phenoxy) is 1. The zero-order valence-electron chi connectivity index (χ0n) is 17.6. The number of hydrogen-bond donors (Lipinski definition) is 2. The second-order valence-electron chi connectivity index (χ2n) is 9.55. The Bertz CT molecular complexity index is 471. The van der Waals surface area contributed by atoms with Crippen molar-refractivity contribution in [3.8, 4) is 0 Å². The number of hydrogen-bond acceptors (Lipinski definition) is 2. The van der Waals surface area contributed by atoms with Gasteiger partial charge in [-0.2, -0.15) is 0 Å². The molecular formula is C23H42N2O2+2. The molecule has 0 amide bonds. The highest BCUT2D eigenvalue weighted by atomic mass is 16.5. The van der Waals surface area contributed by atoms with Crippen LogP contribution in [0, 0.1) is 17.8 Å². The van der Waals surface area contributed by atoms with Gasteiger partial charge in [0.1, 0.15) is 13.2 Å². The first-order chi connectivity index (χ1) is 13.1. The van der Waals surface area contributed by atoms with Crippen LogP contribution in [0.2, 0.25) is 0 Å². The Balaban J connectivity index is 1.29. The van der Waals surface area contributed by atoms with Crippen LogP contribution < -0.4 is 9.80 Å². The summed E-state index contributed by atoms with van der Waals surface area (Å²) in [5.41, 5.74) is 0.501. The molecule has 154 valence electrons. The van der Waals surface area contributed by atoms with Crippen LogP contribution in [0.3, 0.4) is 0 Å². The molecule has 3 aliphatic rings. The number of piperidine rings is 2. The van der Waals surface area contributed by atoms with Gasteiger partial charge in [-0.05, 0) is 57.3 Å². The van der Waals surface area contributed by atoms with Crippen molar-refractivity contribution in [3.63, 3.8) is 0 Å². The zero-order chi connectivity index (χ0) is 19.1. The molecule has 3 rings (SSSR count). The van der Waals surface area contributed by atoms with E-state index in [2.05, 4.69) is 6.58 Å². The lowest BCUT2D eigenvalue weighted by Gasteiger charge is -2.38. The summed E-state index contributed by atoms with van der Waals surface area (Å²) < 4.78 is 5.26. The van der Waals surface area contributed by atoms with E-state index in [9.17, 15) is 4.79 Å². The van der Waals surface area contributed by atoms with E-state index in [4.69, 9.17) is 4.74 Å². The average molecular weight is 379 g/mol. The van der Waals surface area contributed by atoms with Crippen molar-refractivity contribution in [2.45, 2.75) is 64.7 Å². The maximum absolute atomic E-state index is 11.5. The van der Waals surface area contributed by atoms with Gasteiger partial charge in [0.2, 0.25) is 0 Å². The van der Waals surface area contributed by atoms with Gasteiger partial charge in [0.25, 0.3) is 0 Å². The van der Waals surface area contributed by atoms with Gasteiger partial charge >= 0.3 is 5.97 Å². The Kier molecular flexibility index (Phi) is 8.20. The van der Waals surface area contributed by atoms with Gasteiger partial charge in [-0.1, -0.05) is 25.8 Å². The molecule has 0 aromatic rings. The van der Waals surface area contributed by atoms with E-state index in [1.165, 1.54) is 90.5 Å². The molecule has 2 aliphatic heterocycles. The van der Waals surface area contributed by atoms with E-state index in [0.29, 0.717) is 12.2 Å². The maximum Gasteiger partial charge on any atom is 0.333 e. The van der Waals surface area contributed by atoms with Crippen molar-refractivity contribution in [3.05, 3.63) is 12.2 Å². The van der Waals surface area contributed by atoms with E-state index in [-0.39, 0.29) is 5.97 Å². The molecule has 2 N–H and O–H groups in total. The number of rotatable bonds is 7. The predicted molar refractivity (Wildman–Crippen MR) is 109 cm³/mol. The summed E-state index contributed by atoms with van der Waals surface area (Å²) in [7, 11) is 0. The Morgan fingerprint density at radius 2 is 1.44 bits per heavy atom. The number of carbonyl (C=O) groups excluding carboxylic acids is 1. The van der Waals surface area contributed by atoms with Gasteiger partial charge in [0, 0.05) is 11.5 Å². The number of likely N-dealkylation sites (tertiary alicyclic amines) is 2. The van der Waals surface area contributed by atoms with Crippen LogP contribution in [0.15, 0.2) is 12.2 Å². The molecule has 0 bridgehead atoms. The quantitative estimate of drug-likeness (QED) is 0.517. The molecule has 2 heterocycles. The minimum atomic E-state index is -0.244. The Morgan fingerprint density at radius 1 is 0.889 bits per heavy atom. The standard InChI is InChI=1S/C23H40N2O2/c1-19(2)23(26)27-17-16-24-12-8-21(9-13-24)22-10-14-25(15-11-22)18-20-6-4-3-5-7-20/h20-22H,1,3-18H2,2H3/p+2. The summed E-state index contributed by atoms with van der Waals surface area (Å²) >= 11 is 0. The summed E-state index contributed by atoms with van der Waals surface area (Å²) in [5, 5.41) is 0. The largest absolute Gasteiger partial charge is 0.456 e. The van der Waals surface area contributed by atoms with Gasteiger partial charge in [0.05, 0.1) is 32.7 Å². The third kappa shape index (κ3) is 6.60. The maximum atomic E-state index is 11.5. The molecule has 0 radical (unpaired) electrons. The smallest absolute Gasteiger partial charge is 0.333 e. The molecular weight excluding hydrogens is 336 g/mol. The van der Waals surface area contributed by atoms with E-state index in [1.54, 1.807) is 11.8 Å². The molecule has 0 unspecified atom stereocenters. The molecule has 27 heavy (non-hydrogen) atoms. The fraction of sp³-hybridized carbons (Fsp3) is 0.870. The zero-order valence-corrected chi connectivity index (χ0v) is 17.6. The fourth-order valence-corrected chi connectivity index (χ4v) is 5.70. The van der Waals surface area contributed by atoms with Gasteiger partial charge < -0.3 is 14.5 Å². The van der Waals surface area contributed by atoms with Crippen LogP contribution in [0.5, 0.6) is 0 Å². The first kappa shape index (κ1) is 20.9. The van der Waals surface area contributed by atoms with Gasteiger partial charge in [-0.25, -0.2) is 4.79 Å². The third-order valence-corrected chi connectivity index (χ3v) is 7.48. The van der Waals surface area contributed by atoms with Crippen molar-refractivity contribution >= 4 is 5.97 Å². The molecule has 3 fully saturated rings. The van der Waals surface area contributed by atoms with E-state index < -0.39 is 0 Å². The van der Waals surface area contributed by atoms with Crippen LogP contribution >= 0.6 is 0 Å². The lowest BCUT2D eigenvalue weighted by molar-refractivity contribution is -0.912. The summed E-state index contributed by atoms with van der Waals surface area (Å²) in [6.07, 6.45) is 13.1. The van der Waals surface area contributed by atoms with Crippen LogP contribution in [-0.2, 0) is 9.53 Å². The summed E-state index contributed by atoms with van der Waals surface area (Å²) in [6, 6.07) is 0. The summed E-state index contributed by atoms with van der Waals surface area (Å²) in [4.78, 5) is 15.0. The third-order valence-electron chi connectivity index (χ3n) is 7.48. The van der Waals surface area contributed by atoms with Crippen LogP contribution in [0.4, 0.5) is 0 Å². The highest BCUT2D eigenvalue weighted by Gasteiger charge is 2.33. The van der Waals surface area contributed by atoms with E-state index in [0.717, 1.165) is 24.3 Å². The monoisotopic (exact) mass is 378 g/mol. The molecule has 0 aromatic heterocycles. The highest BCUT2D eigenvalue weighted by Crippen LogP contribution is 2.27. The normalized spacial score (nSPS) is 32.8. The first-order valence-corrected chi connectivity index (χ1v) is 11.6. The molecule has 1 saturated carbocycles. The van der Waals surface area contributed by atoms with E-state index >= 15 is 0 Å². The van der Waals surface area contributed by atoms with Crippen molar-refractivity contribution in [1.82, 2.24) is 0 Å². The molecule has 4 nitrogen and oxygen atoms in total. The van der Waals surface area contributed by atoms with Crippen molar-refractivity contribution in [2.24, 2.45) is 17.8 Å². The second kappa shape index (κ2) is 10.6. The Labute approximate surface area is 166 Å². The van der Waals surface area contributed by atoms with Crippen LogP contribution in [0.25, 0.3) is 0 Å². The van der Waals surface area contributed by atoms with Gasteiger partial charge in [0.15, 0.2) is 0 Å². The predicted octanol–water partition coefficient (Wildman–Crippen LogP) is 1.28. The topological polar surface area (TPSA) is 35.2 Å². The molecule has 0 spiro atoms. The number of esters is 1. The molecule has 0 aromatic carbocycles. The van der Waals surface area contributed by atoms with Crippen molar-refractivity contribution in [2.75, 3.05) is 45.9 Å². The first-order valence-electron chi connectivity index (χ1n) is 11.6. The number of quaternary nitrogens is 2. The van der Waals surface area contributed by atoms with Crippen LogP contribution in [-0.4, -0.2) is 51.8 Å². The van der Waals surface area contributed by atoms with Crippen LogP contribution in [0.1, 0.15) is 64.7 Å². The summed E-state index contributed by atoms with van der Waals surface area (Å²) in [5.74, 6) is 2.70. The molecule has 1 aliphatic carbocycles. The van der Waals surface area contributed by atoms with E-state index in [1.807, 2.05) is 4.90 Å². The van der Waals surface area contributed by atoms with Gasteiger partial charge in [-0.15, -0.1) is 0 Å². The average Bonchev–Trinajstić information content (AvgIpc) is 2.70. The van der Waals surface area contributed by atoms with Gasteiger partial charge in [-0.3, -0.25) is 0 Å². The Hall–Kier alpha value is -0.870. The lowest BCUT2D eigenvalue weighted by Crippen LogP contribution is -3.14. The number of carbonyl (C=O) groups is 1. The molecule has 4 heteroatoms. The highest BCUT2D eigenvalue weighted by molar-refractivity contribution is 5.86.